The molecule has 0 bridgehead atoms. The molecule has 0 saturated carbocycles. The number of rotatable bonds is 6. The number of aromatic nitrogens is 2. The van der Waals surface area contributed by atoms with Gasteiger partial charge in [0.25, 0.3) is 0 Å². The quantitative estimate of drug-likeness (QED) is 0.749. The summed E-state index contributed by atoms with van der Waals surface area (Å²) < 4.78 is 1.35. The van der Waals surface area contributed by atoms with Crippen LogP contribution >= 0.6 is 11.6 Å². The van der Waals surface area contributed by atoms with E-state index in [0.29, 0.717) is 17.1 Å². The van der Waals surface area contributed by atoms with Crippen molar-refractivity contribution in [3.05, 3.63) is 47.2 Å². The molecular weight excluding hydrogens is 318 g/mol. The van der Waals surface area contributed by atoms with Crippen LogP contribution in [0.2, 0.25) is 5.02 Å². The summed E-state index contributed by atoms with van der Waals surface area (Å²) in [6.45, 7) is 1.85. The zero-order valence-electron chi connectivity index (χ0n) is 12.6. The molecule has 7 nitrogen and oxygen atoms in total. The molecule has 8 heteroatoms. The maximum Gasteiger partial charge on any atom is 0.319 e. The van der Waals surface area contributed by atoms with Gasteiger partial charge in [-0.05, 0) is 25.0 Å². The number of primary amides is 1. The molecule has 1 aromatic carbocycles. The van der Waals surface area contributed by atoms with E-state index in [1.54, 1.807) is 0 Å². The molecule has 1 atom stereocenters. The van der Waals surface area contributed by atoms with E-state index < -0.39 is 5.91 Å². The third-order valence-electron chi connectivity index (χ3n) is 3.07. The van der Waals surface area contributed by atoms with Gasteiger partial charge in [0.2, 0.25) is 5.91 Å². The first kappa shape index (κ1) is 16.8. The van der Waals surface area contributed by atoms with Gasteiger partial charge < -0.3 is 16.4 Å². The molecule has 4 N–H and O–H groups in total. The van der Waals surface area contributed by atoms with Gasteiger partial charge in [-0.25, -0.2) is 4.79 Å². The second-order valence-corrected chi connectivity index (χ2v) is 5.60. The highest BCUT2D eigenvalue weighted by atomic mass is 35.5. The first-order valence-electron chi connectivity index (χ1n) is 7.05. The van der Waals surface area contributed by atoms with Gasteiger partial charge in [-0.1, -0.05) is 29.8 Å². The second kappa shape index (κ2) is 7.64. The molecule has 23 heavy (non-hydrogen) atoms. The van der Waals surface area contributed by atoms with E-state index in [-0.39, 0.29) is 18.6 Å². The lowest BCUT2D eigenvalue weighted by Gasteiger charge is -2.15. The molecule has 1 heterocycles. The molecule has 0 aliphatic rings. The fraction of sp³-hybridized carbons (Fsp3) is 0.267. The van der Waals surface area contributed by atoms with E-state index >= 15 is 0 Å². The van der Waals surface area contributed by atoms with E-state index in [1.165, 1.54) is 17.1 Å². The van der Waals surface area contributed by atoms with Crippen molar-refractivity contribution in [2.75, 3.05) is 5.32 Å². The van der Waals surface area contributed by atoms with Crippen LogP contribution in [0.1, 0.15) is 12.5 Å². The third kappa shape index (κ3) is 5.30. The van der Waals surface area contributed by atoms with Gasteiger partial charge in [0, 0.05) is 17.3 Å². The second-order valence-electron chi connectivity index (χ2n) is 5.19. The number of carbonyl (C=O) groups excluding carboxylic acids is 2. The summed E-state index contributed by atoms with van der Waals surface area (Å²) in [5.74, 6) is -0.502. The minimum absolute atomic E-state index is 0.0355. The average molecular weight is 336 g/mol. The first-order valence-corrected chi connectivity index (χ1v) is 7.43. The number of halogens is 1. The highest BCUT2D eigenvalue weighted by molar-refractivity contribution is 6.31. The molecule has 0 aliphatic heterocycles. The largest absolute Gasteiger partial charge is 0.368 e. The van der Waals surface area contributed by atoms with Crippen molar-refractivity contribution < 1.29 is 9.59 Å². The lowest BCUT2D eigenvalue weighted by molar-refractivity contribution is -0.118. The van der Waals surface area contributed by atoms with Crippen LogP contribution in [0.4, 0.5) is 10.5 Å². The Kier molecular flexibility index (Phi) is 5.59. The summed E-state index contributed by atoms with van der Waals surface area (Å²) in [4.78, 5) is 22.7. The number of nitrogens with two attached hydrogens (primary N) is 1. The Hall–Kier alpha value is -2.54. The van der Waals surface area contributed by atoms with Crippen LogP contribution in [0.25, 0.3) is 0 Å². The van der Waals surface area contributed by atoms with Gasteiger partial charge in [-0.15, -0.1) is 0 Å². The van der Waals surface area contributed by atoms with Gasteiger partial charge >= 0.3 is 6.03 Å². The highest BCUT2D eigenvalue weighted by Gasteiger charge is 2.11. The number of carbonyl (C=O) groups is 2. The van der Waals surface area contributed by atoms with Crippen LogP contribution < -0.4 is 16.4 Å². The topological polar surface area (TPSA) is 102 Å². The predicted octanol–water partition coefficient (Wildman–Crippen LogP) is 1.77. The number of hydrogen-bond acceptors (Lipinski definition) is 3. The van der Waals surface area contributed by atoms with Gasteiger partial charge in [0.05, 0.1) is 11.9 Å². The molecule has 0 spiro atoms. The molecule has 0 saturated heterocycles. The van der Waals surface area contributed by atoms with E-state index in [0.717, 1.165) is 5.56 Å². The third-order valence-corrected chi connectivity index (χ3v) is 3.44. The van der Waals surface area contributed by atoms with Crippen LogP contribution in [0.3, 0.4) is 0 Å². The van der Waals surface area contributed by atoms with Crippen molar-refractivity contribution in [1.29, 1.82) is 0 Å². The fourth-order valence-electron chi connectivity index (χ4n) is 2.11. The summed E-state index contributed by atoms with van der Waals surface area (Å²) in [5, 5.41) is 10.1. The predicted molar refractivity (Wildman–Crippen MR) is 88.2 cm³/mol. The zero-order chi connectivity index (χ0) is 16.8. The maximum absolute atomic E-state index is 11.9. The van der Waals surface area contributed by atoms with Crippen LogP contribution in [-0.4, -0.2) is 27.8 Å². The number of urea groups is 1. The highest BCUT2D eigenvalue weighted by Crippen LogP contribution is 2.16. The molecule has 0 aliphatic carbocycles. The number of nitrogens with zero attached hydrogens (tertiary/aromatic N) is 2. The Bertz CT molecular complexity index is 701. The Morgan fingerprint density at radius 2 is 2.13 bits per heavy atom. The molecule has 2 aromatic rings. The van der Waals surface area contributed by atoms with Crippen molar-refractivity contribution in [3.8, 4) is 0 Å². The van der Waals surface area contributed by atoms with Crippen LogP contribution in [0.5, 0.6) is 0 Å². The molecule has 1 aromatic heterocycles. The van der Waals surface area contributed by atoms with E-state index in [1.807, 2.05) is 31.2 Å². The monoisotopic (exact) mass is 335 g/mol. The number of benzene rings is 1. The number of anilines is 1. The lowest BCUT2D eigenvalue weighted by atomic mass is 10.1. The fourth-order valence-corrected chi connectivity index (χ4v) is 2.32. The van der Waals surface area contributed by atoms with Gasteiger partial charge in [0.15, 0.2) is 0 Å². The van der Waals surface area contributed by atoms with Crippen molar-refractivity contribution in [2.24, 2.45) is 5.73 Å². The Morgan fingerprint density at radius 3 is 2.83 bits per heavy atom. The van der Waals surface area contributed by atoms with Gasteiger partial charge in [0.1, 0.15) is 6.54 Å². The number of nitrogens with one attached hydrogen (secondary N) is 2. The maximum atomic E-state index is 11.9. The average Bonchev–Trinajstić information content (AvgIpc) is 2.87. The van der Waals surface area contributed by atoms with Crippen molar-refractivity contribution in [1.82, 2.24) is 15.1 Å². The Balaban J connectivity index is 1.85. The molecular formula is C15H18ClN5O2. The van der Waals surface area contributed by atoms with Gasteiger partial charge in [-0.2, -0.15) is 5.10 Å². The Morgan fingerprint density at radius 1 is 1.39 bits per heavy atom. The van der Waals surface area contributed by atoms with Crippen LogP contribution in [0.15, 0.2) is 36.7 Å². The van der Waals surface area contributed by atoms with Gasteiger partial charge in [-0.3, -0.25) is 9.48 Å². The smallest absolute Gasteiger partial charge is 0.319 e. The molecule has 122 valence electrons. The number of hydrogen-bond donors (Lipinski definition) is 3. The van der Waals surface area contributed by atoms with Crippen LogP contribution in [-0.2, 0) is 17.8 Å². The summed E-state index contributed by atoms with van der Waals surface area (Å²) in [6.07, 6.45) is 3.60. The molecule has 0 fully saturated rings. The molecule has 3 amide bonds. The van der Waals surface area contributed by atoms with E-state index in [4.69, 9.17) is 17.3 Å². The standard InChI is InChI=1S/C15H18ClN5O2/c1-10(6-11-4-2-3-5-13(11)16)19-15(23)20-12-7-18-21(8-12)9-14(17)22/h2-5,7-8,10H,6,9H2,1H3,(H2,17,22)(H2,19,20,23). The molecule has 0 radical (unpaired) electrons. The first-order chi connectivity index (χ1) is 10.9. The van der Waals surface area contributed by atoms with Crippen LogP contribution in [0, 0.1) is 0 Å². The van der Waals surface area contributed by atoms with Crippen molar-refractivity contribution in [2.45, 2.75) is 25.9 Å². The minimum atomic E-state index is -0.502. The minimum Gasteiger partial charge on any atom is -0.368 e. The normalized spacial score (nSPS) is 11.7. The zero-order valence-corrected chi connectivity index (χ0v) is 13.4. The lowest BCUT2D eigenvalue weighted by Crippen LogP contribution is -2.37. The Labute approximate surface area is 138 Å². The summed E-state index contributed by atoms with van der Waals surface area (Å²) in [5.41, 5.74) is 6.53. The van der Waals surface area contributed by atoms with E-state index in [9.17, 15) is 9.59 Å². The summed E-state index contributed by atoms with van der Waals surface area (Å²) in [6, 6.07) is 7.05. The van der Waals surface area contributed by atoms with Crippen molar-refractivity contribution in [3.63, 3.8) is 0 Å². The molecule has 2 rings (SSSR count). The van der Waals surface area contributed by atoms with Crippen molar-refractivity contribution >= 4 is 29.2 Å². The summed E-state index contributed by atoms with van der Waals surface area (Å²) >= 11 is 6.10. The molecule has 1 unspecified atom stereocenters. The SMILES string of the molecule is CC(Cc1ccccc1Cl)NC(=O)Nc1cnn(CC(N)=O)c1. The number of amides is 3. The van der Waals surface area contributed by atoms with E-state index in [2.05, 4.69) is 15.7 Å². The summed E-state index contributed by atoms with van der Waals surface area (Å²) in [7, 11) is 0.